The van der Waals surface area contributed by atoms with Crippen LogP contribution in [0, 0.1) is 5.41 Å². The van der Waals surface area contributed by atoms with Crippen LogP contribution in [0.4, 0.5) is 0 Å². The van der Waals surface area contributed by atoms with Crippen LogP contribution in [-0.2, 0) is 4.79 Å². The first-order chi connectivity index (χ1) is 6.13. The van der Waals surface area contributed by atoms with Gasteiger partial charge in [-0.1, -0.05) is 13.8 Å². The van der Waals surface area contributed by atoms with Gasteiger partial charge in [0, 0.05) is 6.54 Å². The second-order valence-electron chi connectivity index (χ2n) is 4.08. The fourth-order valence-electron chi connectivity index (χ4n) is 2.08. The Morgan fingerprint density at radius 3 is 2.46 bits per heavy atom. The first-order valence-electron chi connectivity index (χ1n) is 5.16. The Balaban J connectivity index is 2.50. The van der Waals surface area contributed by atoms with Gasteiger partial charge in [0.1, 0.15) is 0 Å². The van der Waals surface area contributed by atoms with Crippen molar-refractivity contribution in [2.75, 3.05) is 6.54 Å². The van der Waals surface area contributed by atoms with Gasteiger partial charge < -0.3 is 11.1 Å². The van der Waals surface area contributed by atoms with E-state index in [0.29, 0.717) is 5.41 Å². The highest BCUT2D eigenvalue weighted by Gasteiger charge is 2.33. The standard InChI is InChI=1S/C10H20N2O/c1-3-10(4-2)6-5-8(9(11)13)12-7-10/h8,12H,3-7H2,1-2H3,(H2,11,13). The fraction of sp³-hybridized carbons (Fsp3) is 0.900. The van der Waals surface area contributed by atoms with Gasteiger partial charge in [-0.05, 0) is 31.1 Å². The van der Waals surface area contributed by atoms with Crippen molar-refractivity contribution in [2.24, 2.45) is 11.1 Å². The molecule has 0 aliphatic carbocycles. The summed E-state index contributed by atoms with van der Waals surface area (Å²) in [6, 6.07) is -0.0915. The van der Waals surface area contributed by atoms with Gasteiger partial charge in [-0.3, -0.25) is 4.79 Å². The van der Waals surface area contributed by atoms with Crippen molar-refractivity contribution in [1.82, 2.24) is 5.32 Å². The molecule has 76 valence electrons. The molecule has 0 spiro atoms. The Labute approximate surface area is 80.1 Å². The summed E-state index contributed by atoms with van der Waals surface area (Å²) >= 11 is 0. The third-order valence-corrected chi connectivity index (χ3v) is 3.53. The SMILES string of the molecule is CCC1(CC)CCC(C(N)=O)NC1. The van der Waals surface area contributed by atoms with Crippen molar-refractivity contribution in [3.05, 3.63) is 0 Å². The molecule has 3 nitrogen and oxygen atoms in total. The number of nitrogens with two attached hydrogens (primary N) is 1. The molecule has 3 heteroatoms. The van der Waals surface area contributed by atoms with Crippen LogP contribution < -0.4 is 11.1 Å². The largest absolute Gasteiger partial charge is 0.368 e. The van der Waals surface area contributed by atoms with Gasteiger partial charge in [0.25, 0.3) is 0 Å². The third kappa shape index (κ3) is 2.21. The number of hydrogen-bond acceptors (Lipinski definition) is 2. The van der Waals surface area contributed by atoms with Crippen molar-refractivity contribution in [3.63, 3.8) is 0 Å². The summed E-state index contributed by atoms with van der Waals surface area (Å²) in [5, 5.41) is 3.24. The Kier molecular flexibility index (Phi) is 3.31. The van der Waals surface area contributed by atoms with Crippen molar-refractivity contribution in [2.45, 2.75) is 45.6 Å². The monoisotopic (exact) mass is 184 g/mol. The molecule has 0 radical (unpaired) electrons. The molecule has 1 amide bonds. The zero-order valence-electron chi connectivity index (χ0n) is 8.60. The van der Waals surface area contributed by atoms with Crippen LogP contribution in [0.3, 0.4) is 0 Å². The van der Waals surface area contributed by atoms with Crippen LogP contribution in [0.2, 0.25) is 0 Å². The van der Waals surface area contributed by atoms with Crippen molar-refractivity contribution in [3.8, 4) is 0 Å². The summed E-state index contributed by atoms with van der Waals surface area (Å²) in [7, 11) is 0. The summed E-state index contributed by atoms with van der Waals surface area (Å²) in [6.07, 6.45) is 4.39. The summed E-state index contributed by atoms with van der Waals surface area (Å²) in [6.45, 7) is 5.37. The van der Waals surface area contributed by atoms with Gasteiger partial charge in [0.05, 0.1) is 6.04 Å². The van der Waals surface area contributed by atoms with E-state index in [1.165, 1.54) is 12.8 Å². The lowest BCUT2D eigenvalue weighted by Crippen LogP contribution is -2.51. The van der Waals surface area contributed by atoms with Crippen molar-refractivity contribution < 1.29 is 4.79 Å². The Hall–Kier alpha value is -0.570. The third-order valence-electron chi connectivity index (χ3n) is 3.53. The highest BCUT2D eigenvalue weighted by Crippen LogP contribution is 2.34. The van der Waals surface area contributed by atoms with E-state index in [1.807, 2.05) is 0 Å². The molecule has 0 aromatic heterocycles. The molecule has 0 aromatic rings. The van der Waals surface area contributed by atoms with Gasteiger partial charge in [-0.15, -0.1) is 0 Å². The van der Waals surface area contributed by atoms with Crippen molar-refractivity contribution in [1.29, 1.82) is 0 Å². The highest BCUT2D eigenvalue weighted by molar-refractivity contribution is 5.79. The second-order valence-corrected chi connectivity index (χ2v) is 4.08. The summed E-state index contributed by atoms with van der Waals surface area (Å²) in [5.74, 6) is -0.208. The molecular formula is C10H20N2O. The quantitative estimate of drug-likeness (QED) is 0.688. The molecular weight excluding hydrogens is 164 g/mol. The molecule has 1 unspecified atom stereocenters. The molecule has 0 aromatic carbocycles. The number of nitrogens with one attached hydrogen (secondary N) is 1. The Morgan fingerprint density at radius 2 is 2.15 bits per heavy atom. The lowest BCUT2D eigenvalue weighted by Gasteiger charge is -2.38. The average Bonchev–Trinajstić information content (AvgIpc) is 2.18. The first kappa shape index (κ1) is 10.5. The number of hydrogen-bond donors (Lipinski definition) is 2. The molecule has 0 bridgehead atoms. The van der Waals surface area contributed by atoms with E-state index in [2.05, 4.69) is 19.2 Å². The van der Waals surface area contributed by atoms with E-state index in [9.17, 15) is 4.79 Å². The molecule has 1 aliphatic rings. The second kappa shape index (κ2) is 4.09. The molecule has 3 N–H and O–H groups in total. The van der Waals surface area contributed by atoms with E-state index < -0.39 is 0 Å². The minimum Gasteiger partial charge on any atom is -0.368 e. The molecule has 1 atom stereocenters. The molecule has 1 fully saturated rings. The van der Waals surface area contributed by atoms with E-state index >= 15 is 0 Å². The number of carbonyl (C=O) groups excluding carboxylic acids is 1. The topological polar surface area (TPSA) is 55.1 Å². The van der Waals surface area contributed by atoms with Crippen LogP contribution in [0.15, 0.2) is 0 Å². The van der Waals surface area contributed by atoms with E-state index in [0.717, 1.165) is 19.4 Å². The van der Waals surface area contributed by atoms with Crippen LogP contribution in [0.1, 0.15) is 39.5 Å². The maximum atomic E-state index is 10.9. The smallest absolute Gasteiger partial charge is 0.234 e. The zero-order chi connectivity index (χ0) is 9.90. The minimum atomic E-state index is -0.208. The zero-order valence-corrected chi connectivity index (χ0v) is 8.60. The number of primary amides is 1. The van der Waals surface area contributed by atoms with E-state index in [4.69, 9.17) is 5.73 Å². The predicted octanol–water partition coefficient (Wildman–Crippen LogP) is 1.03. The Bertz CT molecular complexity index is 177. The summed E-state index contributed by atoms with van der Waals surface area (Å²) in [4.78, 5) is 10.9. The molecule has 1 aliphatic heterocycles. The molecule has 1 saturated heterocycles. The van der Waals surface area contributed by atoms with Gasteiger partial charge >= 0.3 is 0 Å². The lowest BCUT2D eigenvalue weighted by molar-refractivity contribution is -0.121. The Morgan fingerprint density at radius 1 is 1.54 bits per heavy atom. The van der Waals surface area contributed by atoms with Gasteiger partial charge in [-0.25, -0.2) is 0 Å². The summed E-state index contributed by atoms with van der Waals surface area (Å²) in [5.41, 5.74) is 5.65. The van der Waals surface area contributed by atoms with Crippen LogP contribution in [0.25, 0.3) is 0 Å². The van der Waals surface area contributed by atoms with Crippen LogP contribution in [0.5, 0.6) is 0 Å². The van der Waals surface area contributed by atoms with E-state index in [-0.39, 0.29) is 11.9 Å². The summed E-state index contributed by atoms with van der Waals surface area (Å²) < 4.78 is 0. The normalized spacial score (nSPS) is 27.1. The number of amides is 1. The number of rotatable bonds is 3. The van der Waals surface area contributed by atoms with Crippen molar-refractivity contribution >= 4 is 5.91 Å². The molecule has 1 rings (SSSR count). The average molecular weight is 184 g/mol. The number of carbonyl (C=O) groups is 1. The molecule has 0 saturated carbocycles. The predicted molar refractivity (Wildman–Crippen MR) is 53.2 cm³/mol. The van der Waals surface area contributed by atoms with E-state index in [1.54, 1.807) is 0 Å². The lowest BCUT2D eigenvalue weighted by atomic mass is 9.74. The fourth-order valence-corrected chi connectivity index (χ4v) is 2.08. The van der Waals surface area contributed by atoms with Crippen LogP contribution in [-0.4, -0.2) is 18.5 Å². The molecule has 1 heterocycles. The minimum absolute atomic E-state index is 0.0915. The number of piperidine rings is 1. The highest BCUT2D eigenvalue weighted by atomic mass is 16.1. The van der Waals surface area contributed by atoms with Gasteiger partial charge in [-0.2, -0.15) is 0 Å². The maximum absolute atomic E-state index is 10.9. The van der Waals surface area contributed by atoms with Gasteiger partial charge in [0.2, 0.25) is 5.91 Å². The first-order valence-corrected chi connectivity index (χ1v) is 5.16. The molecule has 13 heavy (non-hydrogen) atoms. The van der Waals surface area contributed by atoms with Crippen LogP contribution >= 0.6 is 0 Å². The maximum Gasteiger partial charge on any atom is 0.234 e. The van der Waals surface area contributed by atoms with Gasteiger partial charge in [0.15, 0.2) is 0 Å².